The molecule has 0 aliphatic rings. The van der Waals surface area contributed by atoms with Gasteiger partial charge in [0.2, 0.25) is 0 Å². The van der Waals surface area contributed by atoms with Gasteiger partial charge in [-0.05, 0) is 18.1 Å². The number of nitrogens with zero attached hydrogens (tertiary/aromatic N) is 2. The number of hydrogen-bond donors (Lipinski definition) is 0. The van der Waals surface area contributed by atoms with E-state index in [4.69, 9.17) is 11.6 Å². The maximum atomic E-state index is 5.76. The zero-order chi connectivity index (χ0) is 11.4. The van der Waals surface area contributed by atoms with Gasteiger partial charge in [-0.15, -0.1) is 23.4 Å². The van der Waals surface area contributed by atoms with Gasteiger partial charge in [-0.25, -0.2) is 4.98 Å². The third-order valence-corrected chi connectivity index (χ3v) is 3.96. The van der Waals surface area contributed by atoms with Crippen LogP contribution < -0.4 is 0 Å². The van der Waals surface area contributed by atoms with Crippen molar-refractivity contribution < 1.29 is 0 Å². The average molecular weight is 253 g/mol. The molecule has 0 aliphatic heterocycles. The van der Waals surface area contributed by atoms with E-state index in [9.17, 15) is 0 Å². The summed E-state index contributed by atoms with van der Waals surface area (Å²) < 4.78 is 0. The Morgan fingerprint density at radius 2 is 2.06 bits per heavy atom. The second-order valence-electron chi connectivity index (χ2n) is 3.77. The third-order valence-electron chi connectivity index (χ3n) is 2.21. The Labute approximate surface area is 104 Å². The van der Waals surface area contributed by atoms with Crippen LogP contribution in [0.15, 0.2) is 35.5 Å². The van der Waals surface area contributed by atoms with Crippen LogP contribution in [0.2, 0.25) is 0 Å². The second kappa shape index (κ2) is 5.51. The first-order chi connectivity index (χ1) is 7.79. The van der Waals surface area contributed by atoms with Gasteiger partial charge in [-0.1, -0.05) is 19.1 Å². The van der Waals surface area contributed by atoms with E-state index in [1.807, 2.05) is 30.5 Å². The van der Waals surface area contributed by atoms with Crippen LogP contribution in [0.25, 0.3) is 11.0 Å². The lowest BCUT2D eigenvalue weighted by Gasteiger charge is -2.06. The Morgan fingerprint density at radius 3 is 2.81 bits per heavy atom. The molecule has 0 fully saturated rings. The largest absolute Gasteiger partial charge is 0.252 e. The van der Waals surface area contributed by atoms with Crippen LogP contribution in [-0.4, -0.2) is 21.6 Å². The van der Waals surface area contributed by atoms with Crippen molar-refractivity contribution in [1.82, 2.24) is 9.97 Å². The Hall–Kier alpha value is -0.800. The molecule has 16 heavy (non-hydrogen) atoms. The summed E-state index contributed by atoms with van der Waals surface area (Å²) in [6.45, 7) is 2.13. The molecular weight excluding hydrogens is 240 g/mol. The number of fused-ring (bicyclic) bond motifs is 1. The van der Waals surface area contributed by atoms with Crippen LogP contribution in [0.5, 0.6) is 0 Å². The fourth-order valence-electron chi connectivity index (χ4n) is 1.28. The predicted octanol–water partition coefficient (Wildman–Crippen LogP) is 3.60. The lowest BCUT2D eigenvalue weighted by molar-refractivity contribution is 0.758. The Bertz CT molecular complexity index is 475. The Kier molecular flexibility index (Phi) is 4.02. The topological polar surface area (TPSA) is 25.8 Å². The minimum absolute atomic E-state index is 0.500. The van der Waals surface area contributed by atoms with Gasteiger partial charge in [-0.3, -0.25) is 4.98 Å². The maximum absolute atomic E-state index is 5.76. The Morgan fingerprint density at radius 1 is 1.31 bits per heavy atom. The molecule has 84 valence electrons. The molecule has 0 N–H and O–H groups in total. The molecule has 2 aromatic rings. The Balaban J connectivity index is 2.13. The molecular formula is C12H13ClN2S. The van der Waals surface area contributed by atoms with E-state index in [2.05, 4.69) is 16.9 Å². The van der Waals surface area contributed by atoms with Crippen molar-refractivity contribution in [3.8, 4) is 0 Å². The molecule has 2 rings (SSSR count). The van der Waals surface area contributed by atoms with Gasteiger partial charge in [0.1, 0.15) is 5.03 Å². The van der Waals surface area contributed by atoms with Gasteiger partial charge >= 0.3 is 0 Å². The highest BCUT2D eigenvalue weighted by molar-refractivity contribution is 7.99. The molecule has 1 aromatic carbocycles. The molecule has 0 radical (unpaired) electrons. The molecule has 0 aliphatic carbocycles. The number of alkyl halides is 1. The zero-order valence-electron chi connectivity index (χ0n) is 9.06. The van der Waals surface area contributed by atoms with Crippen molar-refractivity contribution >= 4 is 34.4 Å². The normalized spacial score (nSPS) is 12.9. The SMILES string of the molecule is CC(CCl)CSc1cnc2ccccc2n1. The average Bonchev–Trinajstić information content (AvgIpc) is 2.35. The summed E-state index contributed by atoms with van der Waals surface area (Å²) in [5, 5.41) is 0.968. The lowest BCUT2D eigenvalue weighted by Crippen LogP contribution is -1.99. The van der Waals surface area contributed by atoms with E-state index in [0.717, 1.165) is 21.8 Å². The smallest absolute Gasteiger partial charge is 0.115 e. The summed E-state index contributed by atoms with van der Waals surface area (Å²) in [7, 11) is 0. The molecule has 4 heteroatoms. The minimum Gasteiger partial charge on any atom is -0.252 e. The summed E-state index contributed by atoms with van der Waals surface area (Å²) in [4.78, 5) is 8.91. The fourth-order valence-corrected chi connectivity index (χ4v) is 2.38. The first-order valence-electron chi connectivity index (χ1n) is 5.20. The van der Waals surface area contributed by atoms with Crippen molar-refractivity contribution in [2.75, 3.05) is 11.6 Å². The zero-order valence-corrected chi connectivity index (χ0v) is 10.6. The van der Waals surface area contributed by atoms with Crippen LogP contribution in [0.4, 0.5) is 0 Å². The standard InChI is InChI=1S/C12H13ClN2S/c1-9(6-13)8-16-12-7-14-10-4-2-3-5-11(10)15-12/h2-5,7,9H,6,8H2,1H3. The first kappa shape index (κ1) is 11.7. The molecule has 1 unspecified atom stereocenters. The van der Waals surface area contributed by atoms with Gasteiger partial charge in [0.05, 0.1) is 17.2 Å². The lowest BCUT2D eigenvalue weighted by atomic mass is 10.3. The number of aromatic nitrogens is 2. The molecule has 0 saturated heterocycles. The number of thioether (sulfide) groups is 1. The van der Waals surface area contributed by atoms with Crippen LogP contribution in [0.1, 0.15) is 6.92 Å². The minimum atomic E-state index is 0.500. The highest BCUT2D eigenvalue weighted by Gasteiger charge is 2.03. The van der Waals surface area contributed by atoms with Crippen molar-refractivity contribution in [2.45, 2.75) is 11.9 Å². The van der Waals surface area contributed by atoms with Gasteiger partial charge in [0.25, 0.3) is 0 Å². The highest BCUT2D eigenvalue weighted by atomic mass is 35.5. The second-order valence-corrected chi connectivity index (χ2v) is 5.12. The predicted molar refractivity (Wildman–Crippen MR) is 70.1 cm³/mol. The van der Waals surface area contributed by atoms with Gasteiger partial charge in [-0.2, -0.15) is 0 Å². The van der Waals surface area contributed by atoms with E-state index in [1.54, 1.807) is 11.8 Å². The number of halogens is 1. The summed E-state index contributed by atoms with van der Waals surface area (Å²) in [6, 6.07) is 7.90. The maximum Gasteiger partial charge on any atom is 0.115 e. The van der Waals surface area contributed by atoms with Crippen LogP contribution in [-0.2, 0) is 0 Å². The van der Waals surface area contributed by atoms with Gasteiger partial charge in [0, 0.05) is 11.6 Å². The monoisotopic (exact) mass is 252 g/mol. The van der Waals surface area contributed by atoms with Crippen molar-refractivity contribution in [1.29, 1.82) is 0 Å². The molecule has 0 bridgehead atoms. The number of hydrogen-bond acceptors (Lipinski definition) is 3. The molecule has 1 aromatic heterocycles. The van der Waals surface area contributed by atoms with E-state index >= 15 is 0 Å². The highest BCUT2D eigenvalue weighted by Crippen LogP contribution is 2.20. The number of rotatable bonds is 4. The molecule has 2 nitrogen and oxygen atoms in total. The summed E-state index contributed by atoms with van der Waals surface area (Å²) in [5.74, 6) is 2.17. The van der Waals surface area contributed by atoms with E-state index in [0.29, 0.717) is 11.8 Å². The summed E-state index contributed by atoms with van der Waals surface area (Å²) in [6.07, 6.45) is 1.83. The van der Waals surface area contributed by atoms with E-state index < -0.39 is 0 Å². The van der Waals surface area contributed by atoms with Crippen molar-refractivity contribution in [2.24, 2.45) is 5.92 Å². The molecule has 0 saturated carbocycles. The van der Waals surface area contributed by atoms with Crippen LogP contribution in [0, 0.1) is 5.92 Å². The van der Waals surface area contributed by atoms with Crippen molar-refractivity contribution in [3.05, 3.63) is 30.5 Å². The van der Waals surface area contributed by atoms with E-state index in [-0.39, 0.29) is 0 Å². The fraction of sp³-hybridized carbons (Fsp3) is 0.333. The molecule has 1 heterocycles. The number of benzene rings is 1. The quantitative estimate of drug-likeness (QED) is 0.614. The summed E-state index contributed by atoms with van der Waals surface area (Å²) in [5.41, 5.74) is 1.89. The molecule has 0 spiro atoms. The van der Waals surface area contributed by atoms with Gasteiger partial charge < -0.3 is 0 Å². The van der Waals surface area contributed by atoms with Crippen molar-refractivity contribution in [3.63, 3.8) is 0 Å². The van der Waals surface area contributed by atoms with Crippen LogP contribution >= 0.6 is 23.4 Å². The van der Waals surface area contributed by atoms with E-state index in [1.165, 1.54) is 0 Å². The summed E-state index contributed by atoms with van der Waals surface area (Å²) >= 11 is 7.47. The van der Waals surface area contributed by atoms with Gasteiger partial charge in [0.15, 0.2) is 0 Å². The molecule has 1 atom stereocenters. The first-order valence-corrected chi connectivity index (χ1v) is 6.72. The molecule has 0 amide bonds. The van der Waals surface area contributed by atoms with Crippen LogP contribution in [0.3, 0.4) is 0 Å². The number of para-hydroxylation sites is 2. The third kappa shape index (κ3) is 2.86.